The van der Waals surface area contributed by atoms with Gasteiger partial charge >= 0.3 is 0 Å². The Labute approximate surface area is 177 Å². The number of rotatable bonds is 4. The molecule has 0 aliphatic heterocycles. The second-order valence-corrected chi connectivity index (χ2v) is 6.81. The van der Waals surface area contributed by atoms with E-state index in [-0.39, 0.29) is 17.1 Å². The Bertz CT molecular complexity index is 1240. The van der Waals surface area contributed by atoms with Crippen LogP contribution in [0.3, 0.4) is 0 Å². The monoisotopic (exact) mass is 415 g/mol. The van der Waals surface area contributed by atoms with E-state index < -0.39 is 11.8 Å². The summed E-state index contributed by atoms with van der Waals surface area (Å²) >= 11 is 0. The van der Waals surface area contributed by atoms with E-state index in [1.165, 1.54) is 35.3 Å². The highest BCUT2D eigenvalue weighted by Gasteiger charge is 2.20. The Morgan fingerprint density at radius 3 is 2.42 bits per heavy atom. The number of carbonyl (C=O) groups excluding carboxylic acids is 2. The van der Waals surface area contributed by atoms with Gasteiger partial charge in [-0.3, -0.25) is 25.4 Å². The van der Waals surface area contributed by atoms with E-state index in [2.05, 4.69) is 20.9 Å². The van der Waals surface area contributed by atoms with Crippen LogP contribution in [0, 0.1) is 12.7 Å². The third-order valence-electron chi connectivity index (χ3n) is 4.53. The van der Waals surface area contributed by atoms with Gasteiger partial charge in [0.25, 0.3) is 11.8 Å². The number of hydrogen-bond acceptors (Lipinski definition) is 4. The van der Waals surface area contributed by atoms with E-state index in [0.29, 0.717) is 11.4 Å². The maximum absolute atomic E-state index is 13.3. The third kappa shape index (κ3) is 4.48. The lowest BCUT2D eigenvalue weighted by atomic mass is 10.1. The molecular formula is C23H18FN5O2. The van der Waals surface area contributed by atoms with Crippen LogP contribution in [0.15, 0.2) is 79.1 Å². The number of amides is 2. The van der Waals surface area contributed by atoms with Gasteiger partial charge in [0.2, 0.25) is 0 Å². The number of aromatic nitrogens is 3. The molecule has 7 nitrogen and oxygen atoms in total. The Balaban J connectivity index is 1.65. The second kappa shape index (κ2) is 8.58. The predicted octanol–water partition coefficient (Wildman–Crippen LogP) is 3.46. The number of carbonyl (C=O) groups is 2. The highest BCUT2D eigenvalue weighted by atomic mass is 19.1. The van der Waals surface area contributed by atoms with Crippen molar-refractivity contribution >= 4 is 11.8 Å². The molecule has 2 amide bonds. The first-order chi connectivity index (χ1) is 15.0. The van der Waals surface area contributed by atoms with Gasteiger partial charge in [-0.1, -0.05) is 29.8 Å². The van der Waals surface area contributed by atoms with E-state index in [4.69, 9.17) is 0 Å². The molecule has 4 aromatic rings. The maximum Gasteiger partial charge on any atom is 0.288 e. The van der Waals surface area contributed by atoms with Crippen molar-refractivity contribution in [1.82, 2.24) is 25.6 Å². The number of nitrogens with one attached hydrogen (secondary N) is 2. The molecule has 0 saturated heterocycles. The van der Waals surface area contributed by atoms with Crippen molar-refractivity contribution < 1.29 is 14.0 Å². The highest BCUT2D eigenvalue weighted by molar-refractivity contribution is 6.02. The number of aryl methyl sites for hydroxylation is 1. The van der Waals surface area contributed by atoms with E-state index >= 15 is 0 Å². The first kappa shape index (κ1) is 20.0. The van der Waals surface area contributed by atoms with Gasteiger partial charge in [0.15, 0.2) is 0 Å². The molecule has 2 heterocycles. The van der Waals surface area contributed by atoms with Crippen LogP contribution >= 0.6 is 0 Å². The molecule has 0 atom stereocenters. The Hall–Kier alpha value is -4.33. The second-order valence-electron chi connectivity index (χ2n) is 6.81. The summed E-state index contributed by atoms with van der Waals surface area (Å²) in [6, 6.07) is 18.2. The van der Waals surface area contributed by atoms with E-state index in [1.807, 2.05) is 31.2 Å². The molecule has 0 unspecified atom stereocenters. The number of nitrogens with zero attached hydrogens (tertiary/aromatic N) is 3. The lowest BCUT2D eigenvalue weighted by Gasteiger charge is -2.07. The minimum Gasteiger partial charge on any atom is -0.267 e. The van der Waals surface area contributed by atoms with Gasteiger partial charge in [0, 0.05) is 18.0 Å². The maximum atomic E-state index is 13.3. The minimum absolute atomic E-state index is 0.170. The van der Waals surface area contributed by atoms with Crippen molar-refractivity contribution in [3.05, 3.63) is 102 Å². The summed E-state index contributed by atoms with van der Waals surface area (Å²) in [7, 11) is 0. The topological polar surface area (TPSA) is 88.9 Å². The molecule has 154 valence electrons. The van der Waals surface area contributed by atoms with Crippen LogP contribution in [0.1, 0.15) is 26.4 Å². The molecule has 2 aromatic carbocycles. The summed E-state index contributed by atoms with van der Waals surface area (Å²) in [6.45, 7) is 1.94. The zero-order chi connectivity index (χ0) is 21.8. The van der Waals surface area contributed by atoms with Crippen LogP contribution in [0.2, 0.25) is 0 Å². The van der Waals surface area contributed by atoms with Crippen LogP contribution in [0.25, 0.3) is 16.9 Å². The predicted molar refractivity (Wildman–Crippen MR) is 113 cm³/mol. The van der Waals surface area contributed by atoms with Gasteiger partial charge in [0.05, 0.1) is 11.3 Å². The normalized spacial score (nSPS) is 10.5. The molecule has 0 aliphatic carbocycles. The van der Waals surface area contributed by atoms with E-state index in [9.17, 15) is 14.0 Å². The number of halogens is 1. The van der Waals surface area contributed by atoms with Crippen molar-refractivity contribution in [2.75, 3.05) is 0 Å². The quantitative estimate of drug-likeness (QED) is 0.500. The Morgan fingerprint density at radius 2 is 1.71 bits per heavy atom. The van der Waals surface area contributed by atoms with E-state index in [1.54, 1.807) is 24.3 Å². The smallest absolute Gasteiger partial charge is 0.267 e. The largest absolute Gasteiger partial charge is 0.288 e. The lowest BCUT2D eigenvalue weighted by Crippen LogP contribution is -2.42. The summed E-state index contributed by atoms with van der Waals surface area (Å²) < 4.78 is 14.8. The molecule has 2 N–H and O–H groups in total. The summed E-state index contributed by atoms with van der Waals surface area (Å²) in [5.74, 6) is -1.46. The Morgan fingerprint density at radius 1 is 0.935 bits per heavy atom. The third-order valence-corrected chi connectivity index (χ3v) is 4.53. The lowest BCUT2D eigenvalue weighted by molar-refractivity contribution is 0.0844. The van der Waals surface area contributed by atoms with Crippen LogP contribution in [0.5, 0.6) is 0 Å². The highest BCUT2D eigenvalue weighted by Crippen LogP contribution is 2.24. The van der Waals surface area contributed by atoms with Gasteiger partial charge in [-0.25, -0.2) is 9.07 Å². The zero-order valence-electron chi connectivity index (χ0n) is 16.5. The number of benzene rings is 2. The zero-order valence-corrected chi connectivity index (χ0v) is 16.5. The summed E-state index contributed by atoms with van der Waals surface area (Å²) in [5.41, 5.74) is 7.94. The van der Waals surface area contributed by atoms with Crippen molar-refractivity contribution in [1.29, 1.82) is 0 Å². The van der Waals surface area contributed by atoms with Crippen LogP contribution in [0.4, 0.5) is 4.39 Å². The fraction of sp³-hybridized carbons (Fsp3) is 0.0435. The molecule has 4 rings (SSSR count). The van der Waals surface area contributed by atoms with Gasteiger partial charge in [-0.05, 0) is 49.4 Å². The average molecular weight is 415 g/mol. The summed E-state index contributed by atoms with van der Waals surface area (Å²) in [4.78, 5) is 29.0. The fourth-order valence-electron chi connectivity index (χ4n) is 3.01. The van der Waals surface area contributed by atoms with Crippen molar-refractivity contribution in [3.8, 4) is 16.9 Å². The molecule has 0 aliphatic rings. The van der Waals surface area contributed by atoms with Crippen LogP contribution in [-0.4, -0.2) is 26.6 Å². The molecular weight excluding hydrogens is 397 g/mol. The van der Waals surface area contributed by atoms with Crippen molar-refractivity contribution in [2.24, 2.45) is 0 Å². The summed E-state index contributed by atoms with van der Waals surface area (Å²) in [5, 5.41) is 4.54. The molecule has 2 aromatic heterocycles. The van der Waals surface area contributed by atoms with Gasteiger partial charge in [-0.2, -0.15) is 5.10 Å². The number of hydrazine groups is 1. The molecule has 0 fully saturated rings. The first-order valence-electron chi connectivity index (χ1n) is 9.45. The molecule has 8 heteroatoms. The minimum atomic E-state index is -0.547. The Kier molecular flexibility index (Phi) is 5.53. The van der Waals surface area contributed by atoms with E-state index in [0.717, 1.165) is 11.1 Å². The average Bonchev–Trinajstić information content (AvgIpc) is 3.24. The molecule has 0 radical (unpaired) electrons. The van der Waals surface area contributed by atoms with Gasteiger partial charge in [-0.15, -0.1) is 0 Å². The summed E-state index contributed by atoms with van der Waals surface area (Å²) in [6.07, 6.45) is 3.02. The number of hydrogen-bond donors (Lipinski definition) is 2. The number of pyridine rings is 1. The molecule has 0 saturated carbocycles. The van der Waals surface area contributed by atoms with Gasteiger partial charge < -0.3 is 0 Å². The molecule has 0 bridgehead atoms. The SMILES string of the molecule is Cc1cccc(-c2nn(-c3ccc(F)cc3)cc2C(=O)NNC(=O)c2ccccn2)c1. The van der Waals surface area contributed by atoms with Crippen molar-refractivity contribution in [3.63, 3.8) is 0 Å². The van der Waals surface area contributed by atoms with Crippen LogP contribution < -0.4 is 10.9 Å². The van der Waals surface area contributed by atoms with Crippen molar-refractivity contribution in [2.45, 2.75) is 6.92 Å². The first-order valence-corrected chi connectivity index (χ1v) is 9.45. The fourth-order valence-corrected chi connectivity index (χ4v) is 3.01. The molecule has 31 heavy (non-hydrogen) atoms. The van der Waals surface area contributed by atoms with Crippen LogP contribution in [-0.2, 0) is 0 Å². The van der Waals surface area contributed by atoms with Gasteiger partial charge in [0.1, 0.15) is 17.2 Å². The molecule has 0 spiro atoms. The standard InChI is InChI=1S/C23H18FN5O2/c1-15-5-4-6-16(13-15)21-19(14-29(28-21)18-10-8-17(24)9-11-18)22(30)26-27-23(31)20-7-2-3-12-25-20/h2-14H,1H3,(H,26,30)(H,27,31).